The number of ether oxygens (including phenoxy) is 1. The van der Waals surface area contributed by atoms with Crippen LogP contribution in [0.3, 0.4) is 0 Å². The number of carbonyl (C=O) groups excluding carboxylic acids is 1. The highest BCUT2D eigenvalue weighted by Crippen LogP contribution is 2.30. The number of nitrogens with two attached hydrogens (primary N) is 1. The first-order valence-corrected chi connectivity index (χ1v) is 6.26. The molecular weight excluding hydrogens is 232 g/mol. The van der Waals surface area contributed by atoms with Crippen LogP contribution < -0.4 is 5.73 Å². The van der Waals surface area contributed by atoms with Crippen LogP contribution in [0.4, 0.5) is 5.82 Å². The molecule has 0 spiro atoms. The minimum atomic E-state index is -0.0669. The molecule has 1 saturated carbocycles. The summed E-state index contributed by atoms with van der Waals surface area (Å²) >= 11 is 0. The third kappa shape index (κ3) is 1.92. The molecule has 2 unspecified atom stereocenters. The van der Waals surface area contributed by atoms with E-state index in [2.05, 4.69) is 9.97 Å². The van der Waals surface area contributed by atoms with Crippen molar-refractivity contribution < 1.29 is 9.53 Å². The Bertz CT molecular complexity index is 448. The van der Waals surface area contributed by atoms with E-state index in [1.54, 1.807) is 0 Å². The van der Waals surface area contributed by atoms with Crippen molar-refractivity contribution in [1.29, 1.82) is 0 Å². The van der Waals surface area contributed by atoms with Crippen molar-refractivity contribution in [3.63, 3.8) is 0 Å². The second kappa shape index (κ2) is 4.53. The van der Waals surface area contributed by atoms with Crippen LogP contribution in [0.2, 0.25) is 0 Å². The van der Waals surface area contributed by atoms with Crippen molar-refractivity contribution in [3.8, 4) is 0 Å². The van der Waals surface area contributed by atoms with Crippen LogP contribution in [0.15, 0.2) is 12.4 Å². The number of aromatic nitrogens is 2. The largest absolute Gasteiger partial charge is 0.382 e. The maximum Gasteiger partial charge on any atom is 0.274 e. The summed E-state index contributed by atoms with van der Waals surface area (Å²) in [4.78, 5) is 22.2. The normalized spacial score (nSPS) is 27.0. The summed E-state index contributed by atoms with van der Waals surface area (Å²) in [5.41, 5.74) is 5.83. The lowest BCUT2D eigenvalue weighted by Crippen LogP contribution is -2.51. The van der Waals surface area contributed by atoms with E-state index in [0.717, 1.165) is 19.3 Å². The van der Waals surface area contributed by atoms with E-state index < -0.39 is 0 Å². The fourth-order valence-electron chi connectivity index (χ4n) is 2.77. The minimum Gasteiger partial charge on any atom is -0.382 e. The Morgan fingerprint density at radius 1 is 1.39 bits per heavy atom. The summed E-state index contributed by atoms with van der Waals surface area (Å²) in [6.45, 7) is 1.24. The number of fused-ring (bicyclic) bond motifs is 1. The number of nitrogen functional groups attached to an aromatic ring is 1. The number of nitrogens with zero attached hydrogens (tertiary/aromatic N) is 3. The average Bonchev–Trinajstić information content (AvgIpc) is 2.87. The molecule has 0 aromatic carbocycles. The zero-order valence-corrected chi connectivity index (χ0v) is 10.1. The lowest BCUT2D eigenvalue weighted by Gasteiger charge is -2.37. The number of anilines is 1. The molecule has 1 aromatic rings. The fraction of sp³-hybridized carbons (Fsp3) is 0.583. The van der Waals surface area contributed by atoms with Gasteiger partial charge in [0.1, 0.15) is 11.5 Å². The van der Waals surface area contributed by atoms with Gasteiger partial charge in [0.2, 0.25) is 0 Å². The summed E-state index contributed by atoms with van der Waals surface area (Å²) in [6, 6.07) is 0.200. The molecule has 1 amide bonds. The first-order valence-electron chi connectivity index (χ1n) is 6.26. The van der Waals surface area contributed by atoms with Crippen LogP contribution in [0.5, 0.6) is 0 Å². The monoisotopic (exact) mass is 248 g/mol. The van der Waals surface area contributed by atoms with Crippen molar-refractivity contribution in [1.82, 2.24) is 14.9 Å². The third-order valence-electron chi connectivity index (χ3n) is 3.63. The Morgan fingerprint density at radius 2 is 2.28 bits per heavy atom. The standard InChI is InChI=1S/C12H16N4O2/c13-11-7-14-8(6-15-11)12(17)16-4-5-18-10-3-1-2-9(10)16/h6-7,9-10H,1-5H2,(H2,13,15). The Kier molecular flexibility index (Phi) is 2.87. The van der Waals surface area contributed by atoms with Crippen LogP contribution in [-0.2, 0) is 4.74 Å². The predicted octanol–water partition coefficient (Wildman–Crippen LogP) is 0.452. The lowest BCUT2D eigenvalue weighted by atomic mass is 10.1. The van der Waals surface area contributed by atoms with Gasteiger partial charge in [-0.3, -0.25) is 4.79 Å². The van der Waals surface area contributed by atoms with Crippen LogP contribution in [0.25, 0.3) is 0 Å². The summed E-state index contributed by atoms with van der Waals surface area (Å²) < 4.78 is 5.69. The number of hydrogen-bond donors (Lipinski definition) is 1. The second-order valence-electron chi connectivity index (χ2n) is 4.73. The average molecular weight is 248 g/mol. The van der Waals surface area contributed by atoms with E-state index in [1.807, 2.05) is 4.90 Å². The molecule has 1 aliphatic heterocycles. The van der Waals surface area contributed by atoms with Gasteiger partial charge in [-0.15, -0.1) is 0 Å². The Hall–Kier alpha value is -1.69. The van der Waals surface area contributed by atoms with Crippen molar-refractivity contribution in [3.05, 3.63) is 18.1 Å². The molecule has 0 radical (unpaired) electrons. The van der Waals surface area contributed by atoms with Gasteiger partial charge in [0.05, 0.1) is 31.1 Å². The van der Waals surface area contributed by atoms with Crippen molar-refractivity contribution in [2.24, 2.45) is 0 Å². The van der Waals surface area contributed by atoms with Gasteiger partial charge < -0.3 is 15.4 Å². The molecule has 2 fully saturated rings. The zero-order valence-electron chi connectivity index (χ0n) is 10.1. The van der Waals surface area contributed by atoms with Crippen LogP contribution in [-0.4, -0.2) is 46.1 Å². The highest BCUT2D eigenvalue weighted by Gasteiger charge is 2.38. The smallest absolute Gasteiger partial charge is 0.274 e. The first-order chi connectivity index (χ1) is 8.75. The zero-order chi connectivity index (χ0) is 12.5. The van der Waals surface area contributed by atoms with Crippen LogP contribution >= 0.6 is 0 Å². The van der Waals surface area contributed by atoms with Crippen LogP contribution in [0.1, 0.15) is 29.8 Å². The summed E-state index contributed by atoms with van der Waals surface area (Å²) in [7, 11) is 0. The van der Waals surface area contributed by atoms with Crippen molar-refractivity contribution >= 4 is 11.7 Å². The summed E-state index contributed by atoms with van der Waals surface area (Å²) in [5.74, 6) is 0.259. The second-order valence-corrected chi connectivity index (χ2v) is 4.73. The van der Waals surface area contributed by atoms with Gasteiger partial charge in [0.15, 0.2) is 0 Å². The number of amides is 1. The van der Waals surface area contributed by atoms with Gasteiger partial charge in [-0.05, 0) is 19.3 Å². The van der Waals surface area contributed by atoms with E-state index in [-0.39, 0.29) is 18.1 Å². The Balaban J connectivity index is 1.81. The molecule has 1 aliphatic carbocycles. The molecule has 18 heavy (non-hydrogen) atoms. The maximum atomic E-state index is 12.4. The molecule has 1 saturated heterocycles. The fourth-order valence-corrected chi connectivity index (χ4v) is 2.77. The van der Waals surface area contributed by atoms with E-state index in [0.29, 0.717) is 24.7 Å². The maximum absolute atomic E-state index is 12.4. The summed E-state index contributed by atoms with van der Waals surface area (Å²) in [5, 5.41) is 0. The van der Waals surface area contributed by atoms with E-state index in [9.17, 15) is 4.79 Å². The lowest BCUT2D eigenvalue weighted by molar-refractivity contribution is -0.0447. The number of rotatable bonds is 1. The van der Waals surface area contributed by atoms with Crippen LogP contribution in [0, 0.1) is 0 Å². The number of hydrogen-bond acceptors (Lipinski definition) is 5. The molecule has 96 valence electrons. The number of carbonyl (C=O) groups is 1. The SMILES string of the molecule is Nc1cnc(C(=O)N2CCOC3CCCC32)cn1. The first kappa shape index (κ1) is 11.4. The quantitative estimate of drug-likeness (QED) is 0.780. The molecule has 2 atom stereocenters. The van der Waals surface area contributed by atoms with Crippen molar-refractivity contribution in [2.75, 3.05) is 18.9 Å². The van der Waals surface area contributed by atoms with E-state index in [1.165, 1.54) is 12.4 Å². The number of morpholine rings is 1. The van der Waals surface area contributed by atoms with Gasteiger partial charge in [-0.2, -0.15) is 0 Å². The highest BCUT2D eigenvalue weighted by molar-refractivity contribution is 5.92. The van der Waals surface area contributed by atoms with Gasteiger partial charge in [0.25, 0.3) is 5.91 Å². The van der Waals surface area contributed by atoms with Crippen molar-refractivity contribution in [2.45, 2.75) is 31.4 Å². The molecule has 3 rings (SSSR count). The molecular formula is C12H16N4O2. The Morgan fingerprint density at radius 3 is 3.06 bits per heavy atom. The van der Waals surface area contributed by atoms with Gasteiger partial charge in [-0.1, -0.05) is 0 Å². The highest BCUT2D eigenvalue weighted by atomic mass is 16.5. The van der Waals surface area contributed by atoms with Gasteiger partial charge >= 0.3 is 0 Å². The summed E-state index contributed by atoms with van der Waals surface area (Å²) in [6.07, 6.45) is 6.23. The third-order valence-corrected chi connectivity index (χ3v) is 3.63. The van der Waals surface area contributed by atoms with Gasteiger partial charge in [0, 0.05) is 6.54 Å². The molecule has 0 bridgehead atoms. The van der Waals surface area contributed by atoms with E-state index in [4.69, 9.17) is 10.5 Å². The molecule has 2 heterocycles. The Labute approximate surface area is 105 Å². The predicted molar refractivity (Wildman–Crippen MR) is 64.9 cm³/mol. The molecule has 6 nitrogen and oxygen atoms in total. The molecule has 6 heteroatoms. The van der Waals surface area contributed by atoms with E-state index >= 15 is 0 Å². The molecule has 2 N–H and O–H groups in total. The minimum absolute atomic E-state index is 0.0669. The van der Waals surface area contributed by atoms with Gasteiger partial charge in [-0.25, -0.2) is 9.97 Å². The topological polar surface area (TPSA) is 81.3 Å². The molecule has 2 aliphatic rings. The molecule has 1 aromatic heterocycles.